The molecule has 0 aromatic heterocycles. The second-order valence-corrected chi connectivity index (χ2v) is 7.59. The maximum atomic E-state index is 13.1. The van der Waals surface area contributed by atoms with E-state index in [2.05, 4.69) is 5.32 Å². The zero-order valence-electron chi connectivity index (χ0n) is 17.7. The lowest BCUT2D eigenvalue weighted by Crippen LogP contribution is -2.49. The third kappa shape index (κ3) is 6.07. The molecule has 0 spiro atoms. The van der Waals surface area contributed by atoms with Crippen molar-refractivity contribution in [2.24, 2.45) is 0 Å². The molecule has 6 nitrogen and oxygen atoms in total. The third-order valence-electron chi connectivity index (χ3n) is 5.41. The first-order valence-corrected chi connectivity index (χ1v) is 10.4. The van der Waals surface area contributed by atoms with Crippen molar-refractivity contribution < 1.29 is 19.1 Å². The Morgan fingerprint density at radius 1 is 1.13 bits per heavy atom. The number of carbonyl (C=O) groups is 2. The number of nitrogens with zero attached hydrogens (tertiary/aromatic N) is 1. The highest BCUT2D eigenvalue weighted by atomic mass is 16.5. The number of carbonyl (C=O) groups excluding carboxylic acids is 2. The summed E-state index contributed by atoms with van der Waals surface area (Å²) in [6, 6.07) is 16.5. The van der Waals surface area contributed by atoms with Gasteiger partial charge in [-0.25, -0.2) is 0 Å². The SMILES string of the molecule is COc1ccc(CN(C(=O)Cc2ccccc2)[C@@H](C)C(=O)NC[C@@H]2CCCO2)cc1. The van der Waals surface area contributed by atoms with E-state index < -0.39 is 6.04 Å². The molecule has 160 valence electrons. The fourth-order valence-electron chi connectivity index (χ4n) is 3.55. The number of hydrogen-bond acceptors (Lipinski definition) is 4. The van der Waals surface area contributed by atoms with Crippen LogP contribution in [0.4, 0.5) is 0 Å². The van der Waals surface area contributed by atoms with Crippen molar-refractivity contribution in [1.82, 2.24) is 10.2 Å². The van der Waals surface area contributed by atoms with Gasteiger partial charge in [0, 0.05) is 19.7 Å². The average Bonchev–Trinajstić information content (AvgIpc) is 3.30. The van der Waals surface area contributed by atoms with Gasteiger partial charge < -0.3 is 19.7 Å². The molecule has 1 heterocycles. The van der Waals surface area contributed by atoms with Gasteiger partial charge in [-0.05, 0) is 43.0 Å². The van der Waals surface area contributed by atoms with Crippen LogP contribution in [0, 0.1) is 0 Å². The van der Waals surface area contributed by atoms with Gasteiger partial charge >= 0.3 is 0 Å². The van der Waals surface area contributed by atoms with Gasteiger partial charge in [0.1, 0.15) is 11.8 Å². The van der Waals surface area contributed by atoms with Crippen LogP contribution in [0.15, 0.2) is 54.6 Å². The Hall–Kier alpha value is -2.86. The molecule has 0 radical (unpaired) electrons. The number of rotatable bonds is 9. The van der Waals surface area contributed by atoms with Crippen molar-refractivity contribution in [2.45, 2.75) is 44.9 Å². The first-order valence-electron chi connectivity index (χ1n) is 10.4. The minimum absolute atomic E-state index is 0.0659. The monoisotopic (exact) mass is 410 g/mol. The number of hydrogen-bond donors (Lipinski definition) is 1. The molecule has 1 N–H and O–H groups in total. The van der Waals surface area contributed by atoms with Gasteiger partial charge in [-0.2, -0.15) is 0 Å². The lowest BCUT2D eigenvalue weighted by atomic mass is 10.1. The summed E-state index contributed by atoms with van der Waals surface area (Å²) in [7, 11) is 1.62. The molecule has 2 atom stereocenters. The number of benzene rings is 2. The Morgan fingerprint density at radius 2 is 1.87 bits per heavy atom. The molecule has 0 unspecified atom stereocenters. The van der Waals surface area contributed by atoms with Gasteiger partial charge in [0.15, 0.2) is 0 Å². The molecule has 1 aliphatic heterocycles. The first-order chi connectivity index (χ1) is 14.6. The smallest absolute Gasteiger partial charge is 0.242 e. The van der Waals surface area contributed by atoms with Gasteiger partial charge in [0.2, 0.25) is 11.8 Å². The Labute approximate surface area is 178 Å². The Balaban J connectivity index is 1.70. The maximum Gasteiger partial charge on any atom is 0.242 e. The van der Waals surface area contributed by atoms with E-state index in [1.54, 1.807) is 18.9 Å². The molecular formula is C24H30N2O4. The lowest BCUT2D eigenvalue weighted by Gasteiger charge is -2.29. The van der Waals surface area contributed by atoms with Gasteiger partial charge in [-0.1, -0.05) is 42.5 Å². The van der Waals surface area contributed by atoms with Gasteiger partial charge in [-0.3, -0.25) is 9.59 Å². The standard InChI is InChI=1S/C24H30N2O4/c1-18(24(28)25-16-22-9-6-14-30-22)26(17-20-10-12-21(29-2)13-11-20)23(27)15-19-7-4-3-5-8-19/h3-5,7-8,10-13,18,22H,6,9,14-17H2,1-2H3,(H,25,28)/t18-,22-/m0/s1. The van der Waals surface area contributed by atoms with Crippen LogP contribution in [0.2, 0.25) is 0 Å². The van der Waals surface area contributed by atoms with Crippen LogP contribution in [0.25, 0.3) is 0 Å². The van der Waals surface area contributed by atoms with E-state index in [0.29, 0.717) is 13.1 Å². The maximum absolute atomic E-state index is 13.1. The zero-order chi connectivity index (χ0) is 21.3. The van der Waals surface area contributed by atoms with Crippen molar-refractivity contribution in [3.8, 4) is 5.75 Å². The van der Waals surface area contributed by atoms with Crippen LogP contribution in [0.3, 0.4) is 0 Å². The molecule has 6 heteroatoms. The van der Waals surface area contributed by atoms with Gasteiger partial charge in [0.25, 0.3) is 0 Å². The van der Waals surface area contributed by atoms with E-state index in [0.717, 1.165) is 36.3 Å². The van der Waals surface area contributed by atoms with E-state index in [1.807, 2.05) is 54.6 Å². The number of nitrogens with one attached hydrogen (secondary N) is 1. The third-order valence-corrected chi connectivity index (χ3v) is 5.41. The van der Waals surface area contributed by atoms with Gasteiger partial charge in [-0.15, -0.1) is 0 Å². The van der Waals surface area contributed by atoms with Crippen molar-refractivity contribution in [3.05, 3.63) is 65.7 Å². The fraction of sp³-hybridized carbons (Fsp3) is 0.417. The van der Waals surface area contributed by atoms with Crippen LogP contribution in [0.1, 0.15) is 30.9 Å². The number of amides is 2. The molecule has 0 aliphatic carbocycles. The lowest BCUT2D eigenvalue weighted by molar-refractivity contribution is -0.140. The fourth-order valence-corrected chi connectivity index (χ4v) is 3.55. The Kier molecular flexibility index (Phi) is 7.85. The summed E-state index contributed by atoms with van der Waals surface area (Å²) in [5.41, 5.74) is 1.87. The molecule has 2 aromatic carbocycles. The Bertz CT molecular complexity index is 817. The summed E-state index contributed by atoms with van der Waals surface area (Å²) < 4.78 is 10.8. The van der Waals surface area contributed by atoms with Crippen molar-refractivity contribution in [2.75, 3.05) is 20.3 Å². The number of methoxy groups -OCH3 is 1. The van der Waals surface area contributed by atoms with Crippen LogP contribution in [0.5, 0.6) is 5.75 Å². The summed E-state index contributed by atoms with van der Waals surface area (Å²) in [6.07, 6.45) is 2.29. The minimum Gasteiger partial charge on any atom is -0.497 e. The van der Waals surface area contributed by atoms with Crippen molar-refractivity contribution in [3.63, 3.8) is 0 Å². The van der Waals surface area contributed by atoms with E-state index in [9.17, 15) is 9.59 Å². The predicted octanol–water partition coefficient (Wildman–Crippen LogP) is 2.95. The normalized spacial score (nSPS) is 16.7. The van der Waals surface area contributed by atoms with E-state index in [1.165, 1.54) is 0 Å². The van der Waals surface area contributed by atoms with Crippen LogP contribution >= 0.6 is 0 Å². The molecule has 2 amide bonds. The van der Waals surface area contributed by atoms with Crippen molar-refractivity contribution in [1.29, 1.82) is 0 Å². The van der Waals surface area contributed by atoms with Crippen LogP contribution < -0.4 is 10.1 Å². The molecular weight excluding hydrogens is 380 g/mol. The highest BCUT2D eigenvalue weighted by Crippen LogP contribution is 2.16. The molecule has 3 rings (SSSR count). The molecule has 1 saturated heterocycles. The first kappa shape index (κ1) is 21.8. The van der Waals surface area contributed by atoms with E-state index in [4.69, 9.17) is 9.47 Å². The quantitative estimate of drug-likeness (QED) is 0.690. The largest absolute Gasteiger partial charge is 0.497 e. The summed E-state index contributed by atoms with van der Waals surface area (Å²) in [5, 5.41) is 2.95. The summed E-state index contributed by atoms with van der Waals surface area (Å²) in [5.74, 6) is 0.500. The van der Waals surface area contributed by atoms with Crippen LogP contribution in [-0.4, -0.2) is 49.1 Å². The van der Waals surface area contributed by atoms with Crippen molar-refractivity contribution >= 4 is 11.8 Å². The van der Waals surface area contributed by atoms with E-state index >= 15 is 0 Å². The topological polar surface area (TPSA) is 67.9 Å². The van der Waals surface area contributed by atoms with Gasteiger partial charge in [0.05, 0.1) is 19.6 Å². The molecule has 1 fully saturated rings. The highest BCUT2D eigenvalue weighted by molar-refractivity contribution is 5.88. The molecule has 0 saturated carbocycles. The van der Waals surface area contributed by atoms with Crippen LogP contribution in [-0.2, 0) is 27.3 Å². The molecule has 1 aliphatic rings. The highest BCUT2D eigenvalue weighted by Gasteiger charge is 2.27. The second-order valence-electron chi connectivity index (χ2n) is 7.59. The molecule has 2 aromatic rings. The van der Waals surface area contributed by atoms with E-state index in [-0.39, 0.29) is 24.3 Å². The minimum atomic E-state index is -0.593. The zero-order valence-corrected chi connectivity index (χ0v) is 17.7. The predicted molar refractivity (Wildman–Crippen MR) is 115 cm³/mol. The summed E-state index contributed by atoms with van der Waals surface area (Å²) in [4.78, 5) is 27.6. The second kappa shape index (κ2) is 10.8. The summed E-state index contributed by atoms with van der Waals surface area (Å²) in [6.45, 7) is 3.35. The molecule has 30 heavy (non-hydrogen) atoms. The molecule has 0 bridgehead atoms. The summed E-state index contributed by atoms with van der Waals surface area (Å²) >= 11 is 0. The average molecular weight is 411 g/mol. The number of ether oxygens (including phenoxy) is 2. The Morgan fingerprint density at radius 3 is 2.50 bits per heavy atom.